The number of nitrogens with zero attached hydrogens (tertiary/aromatic N) is 2. The van der Waals surface area contributed by atoms with Crippen LogP contribution in [-0.2, 0) is 0 Å². The first-order chi connectivity index (χ1) is 6.92. The molecule has 5 nitrogen and oxygen atoms in total. The standard InChI is InChI=1S/C9H9N5/c10-6-12-11-5-9-7-3-1-2-4-8(7)13-14-9/h1-6H,(H2,10,12)(H,13,14)/b11-5+. The van der Waals surface area contributed by atoms with E-state index >= 15 is 0 Å². The van der Waals surface area contributed by atoms with Crippen molar-refractivity contribution in [2.24, 2.45) is 5.10 Å². The molecule has 0 unspecified atom stereocenters. The third-order valence-electron chi connectivity index (χ3n) is 1.83. The second-order valence-corrected chi connectivity index (χ2v) is 2.69. The van der Waals surface area contributed by atoms with Crippen LogP contribution in [0.1, 0.15) is 5.69 Å². The van der Waals surface area contributed by atoms with Crippen molar-refractivity contribution in [3.8, 4) is 0 Å². The van der Waals surface area contributed by atoms with Gasteiger partial charge >= 0.3 is 0 Å². The summed E-state index contributed by atoms with van der Waals surface area (Å²) >= 11 is 0. The van der Waals surface area contributed by atoms with Gasteiger partial charge in [0.15, 0.2) is 0 Å². The molecule has 1 aromatic carbocycles. The van der Waals surface area contributed by atoms with E-state index < -0.39 is 0 Å². The lowest BCUT2D eigenvalue weighted by molar-refractivity contribution is 1.04. The van der Waals surface area contributed by atoms with E-state index in [9.17, 15) is 0 Å². The van der Waals surface area contributed by atoms with Crippen LogP contribution in [0.4, 0.5) is 0 Å². The number of hydrogen-bond acceptors (Lipinski definition) is 3. The summed E-state index contributed by atoms with van der Waals surface area (Å²) in [7, 11) is 0. The highest BCUT2D eigenvalue weighted by Crippen LogP contribution is 2.12. The zero-order valence-corrected chi connectivity index (χ0v) is 7.36. The lowest BCUT2D eigenvalue weighted by Gasteiger charge is -1.88. The lowest BCUT2D eigenvalue weighted by atomic mass is 10.2. The normalized spacial score (nSPS) is 10.9. The molecule has 0 aliphatic heterocycles. The Labute approximate surface area is 80.3 Å². The summed E-state index contributed by atoms with van der Waals surface area (Å²) in [5.41, 5.74) is 4.14. The number of rotatable bonds is 3. The molecular weight excluding hydrogens is 178 g/mol. The Balaban J connectivity index is 2.38. The molecule has 1 heterocycles. The van der Waals surface area contributed by atoms with Gasteiger partial charge in [-0.05, 0) is 6.07 Å². The zero-order valence-electron chi connectivity index (χ0n) is 7.36. The summed E-state index contributed by atoms with van der Waals surface area (Å²) in [6, 6.07) is 7.80. The molecule has 0 saturated carbocycles. The fourth-order valence-corrected chi connectivity index (χ4v) is 1.22. The van der Waals surface area contributed by atoms with Crippen LogP contribution in [-0.4, -0.2) is 22.8 Å². The van der Waals surface area contributed by atoms with Crippen LogP contribution in [0.25, 0.3) is 10.9 Å². The molecule has 0 fully saturated rings. The smallest absolute Gasteiger partial charge is 0.113 e. The number of nitrogens with one attached hydrogen (secondary N) is 3. The second kappa shape index (κ2) is 3.69. The van der Waals surface area contributed by atoms with E-state index in [4.69, 9.17) is 5.41 Å². The number of hydrazone groups is 1. The van der Waals surface area contributed by atoms with E-state index in [1.165, 1.54) is 0 Å². The van der Waals surface area contributed by atoms with Crippen LogP contribution >= 0.6 is 0 Å². The number of fused-ring (bicyclic) bond motifs is 1. The Morgan fingerprint density at radius 3 is 3.14 bits per heavy atom. The van der Waals surface area contributed by atoms with E-state index in [1.807, 2.05) is 24.3 Å². The molecule has 0 amide bonds. The van der Waals surface area contributed by atoms with E-state index in [0.717, 1.165) is 22.9 Å². The van der Waals surface area contributed by atoms with E-state index in [-0.39, 0.29) is 0 Å². The first kappa shape index (κ1) is 8.43. The number of hydrogen-bond donors (Lipinski definition) is 3. The maximum Gasteiger partial charge on any atom is 0.113 e. The average Bonchev–Trinajstić information content (AvgIpc) is 2.63. The van der Waals surface area contributed by atoms with Crippen molar-refractivity contribution in [1.82, 2.24) is 15.6 Å². The summed E-state index contributed by atoms with van der Waals surface area (Å²) in [5.74, 6) is 0. The van der Waals surface area contributed by atoms with Gasteiger partial charge in [-0.25, -0.2) is 0 Å². The molecule has 14 heavy (non-hydrogen) atoms. The van der Waals surface area contributed by atoms with Crippen LogP contribution in [0.5, 0.6) is 0 Å². The Hall–Kier alpha value is -2.17. The van der Waals surface area contributed by atoms with Crippen LogP contribution in [0.15, 0.2) is 29.4 Å². The Bertz CT molecular complexity index is 471. The van der Waals surface area contributed by atoms with Gasteiger partial charge in [-0.2, -0.15) is 10.2 Å². The van der Waals surface area contributed by atoms with Crippen LogP contribution in [0.2, 0.25) is 0 Å². The minimum Gasteiger partial charge on any atom is -0.290 e. The summed E-state index contributed by atoms with van der Waals surface area (Å²) in [5, 5.41) is 18.5. The Morgan fingerprint density at radius 1 is 1.43 bits per heavy atom. The van der Waals surface area contributed by atoms with Crippen molar-refractivity contribution < 1.29 is 0 Å². The highest BCUT2D eigenvalue weighted by atomic mass is 15.3. The van der Waals surface area contributed by atoms with Crippen molar-refractivity contribution in [1.29, 1.82) is 5.41 Å². The number of H-pyrrole nitrogens is 1. The summed E-state index contributed by atoms with van der Waals surface area (Å²) < 4.78 is 0. The van der Waals surface area contributed by atoms with Crippen molar-refractivity contribution in [2.75, 3.05) is 0 Å². The van der Waals surface area contributed by atoms with Gasteiger partial charge in [0, 0.05) is 5.39 Å². The first-order valence-electron chi connectivity index (χ1n) is 4.12. The van der Waals surface area contributed by atoms with E-state index in [2.05, 4.69) is 20.7 Å². The van der Waals surface area contributed by atoms with Crippen molar-refractivity contribution >= 4 is 23.5 Å². The van der Waals surface area contributed by atoms with Crippen LogP contribution in [0, 0.1) is 5.41 Å². The van der Waals surface area contributed by atoms with Gasteiger partial charge in [0.05, 0.1) is 18.1 Å². The SMILES string of the molecule is N=CN/N=C/c1n[nH]c2ccccc12. The summed E-state index contributed by atoms with van der Waals surface area (Å²) in [4.78, 5) is 0. The van der Waals surface area contributed by atoms with Crippen molar-refractivity contribution in [3.05, 3.63) is 30.0 Å². The Kier molecular flexibility index (Phi) is 2.22. The molecule has 0 aliphatic rings. The van der Waals surface area contributed by atoms with Gasteiger partial charge in [-0.1, -0.05) is 18.2 Å². The monoisotopic (exact) mass is 187 g/mol. The number of aromatic amines is 1. The van der Waals surface area contributed by atoms with Crippen LogP contribution in [0.3, 0.4) is 0 Å². The molecule has 2 rings (SSSR count). The average molecular weight is 187 g/mol. The second-order valence-electron chi connectivity index (χ2n) is 2.69. The fraction of sp³-hybridized carbons (Fsp3) is 0. The quantitative estimate of drug-likeness (QED) is 0.382. The lowest BCUT2D eigenvalue weighted by Crippen LogP contribution is -2.00. The molecular formula is C9H9N5. The van der Waals surface area contributed by atoms with Gasteiger partial charge in [0.25, 0.3) is 0 Å². The third-order valence-corrected chi connectivity index (χ3v) is 1.83. The van der Waals surface area contributed by atoms with Gasteiger partial charge in [0.1, 0.15) is 5.69 Å². The topological polar surface area (TPSA) is 76.9 Å². The van der Waals surface area contributed by atoms with Crippen molar-refractivity contribution in [3.63, 3.8) is 0 Å². The van der Waals surface area contributed by atoms with Gasteiger partial charge < -0.3 is 0 Å². The summed E-state index contributed by atoms with van der Waals surface area (Å²) in [6.45, 7) is 0. The minimum absolute atomic E-state index is 0.759. The number of para-hydroxylation sites is 1. The van der Waals surface area contributed by atoms with Gasteiger partial charge in [-0.15, -0.1) is 0 Å². The first-order valence-corrected chi connectivity index (χ1v) is 4.12. The fourth-order valence-electron chi connectivity index (χ4n) is 1.22. The zero-order chi connectivity index (χ0) is 9.80. The predicted molar refractivity (Wildman–Crippen MR) is 55.6 cm³/mol. The van der Waals surface area contributed by atoms with E-state index in [1.54, 1.807) is 6.21 Å². The molecule has 5 heteroatoms. The number of benzene rings is 1. The molecule has 0 atom stereocenters. The maximum atomic E-state index is 6.72. The molecule has 0 radical (unpaired) electrons. The van der Waals surface area contributed by atoms with Gasteiger partial charge in [0.2, 0.25) is 0 Å². The highest BCUT2D eigenvalue weighted by Gasteiger charge is 2.00. The molecule has 70 valence electrons. The third kappa shape index (κ3) is 1.47. The largest absolute Gasteiger partial charge is 0.290 e. The summed E-state index contributed by atoms with van der Waals surface area (Å²) in [6.07, 6.45) is 2.58. The molecule has 0 aliphatic carbocycles. The van der Waals surface area contributed by atoms with Gasteiger partial charge in [-0.3, -0.25) is 15.9 Å². The van der Waals surface area contributed by atoms with Crippen LogP contribution < -0.4 is 5.43 Å². The Morgan fingerprint density at radius 2 is 2.29 bits per heavy atom. The molecule has 0 spiro atoms. The number of aromatic nitrogens is 2. The maximum absolute atomic E-state index is 6.72. The molecule has 0 saturated heterocycles. The van der Waals surface area contributed by atoms with E-state index in [0.29, 0.717) is 0 Å². The highest BCUT2D eigenvalue weighted by molar-refractivity contribution is 5.96. The minimum atomic E-state index is 0.759. The predicted octanol–water partition coefficient (Wildman–Crippen LogP) is 1.09. The molecule has 1 aromatic heterocycles. The molecule has 3 N–H and O–H groups in total. The van der Waals surface area contributed by atoms with Crippen molar-refractivity contribution in [2.45, 2.75) is 0 Å². The molecule has 2 aromatic rings. The molecule has 0 bridgehead atoms.